The highest BCUT2D eigenvalue weighted by atomic mass is 33.1. The lowest BCUT2D eigenvalue weighted by atomic mass is 10.1. The van der Waals surface area contributed by atoms with Gasteiger partial charge in [-0.25, -0.2) is 28.5 Å². The molecule has 1 fully saturated rings. The Bertz CT molecular complexity index is 2450. The van der Waals surface area contributed by atoms with E-state index in [0.717, 1.165) is 6.33 Å². The minimum atomic E-state index is -5.77. The van der Waals surface area contributed by atoms with Gasteiger partial charge >= 0.3 is 41.4 Å². The van der Waals surface area contributed by atoms with Gasteiger partial charge in [-0.2, -0.15) is 8.62 Å². The standard InChI is InChI=1S/C35H52N9O22P3S2/c1-37-22(33(52)39-9-4-2-3-7-26(47)42-20(12-28(48)49)34(53)43-21(35(54)55)13-29(50)51)17-71-70-11-8-25(46)38-10-5-6-19-15-44(32-30(19)31(36)40-18-41-32)27-14-23(45)24(64-27)16-63-68(59,60)66-69(61,62)65-67(56,57)58/h15,18,20-24,27,37,45H,2-4,7-14,16-17H2,1H3,(H,38,46)(H,39,52)(H,42,47)(H,43,53)(H,48,49)(H,50,51)(H,54,55)(H,59,60)(H,61,62)(H2,36,40,41)(H2,56,57,58)/t20?,21?,22?,23?,24-,27-/m1/s1. The number of aromatic nitrogens is 3. The van der Waals surface area contributed by atoms with Crippen LogP contribution in [0.1, 0.15) is 63.2 Å². The Morgan fingerprint density at radius 3 is 2.21 bits per heavy atom. The number of anilines is 1. The van der Waals surface area contributed by atoms with Gasteiger partial charge in [0.25, 0.3) is 0 Å². The van der Waals surface area contributed by atoms with Gasteiger partial charge in [0.2, 0.25) is 23.6 Å². The number of fused-ring (bicyclic) bond motifs is 1. The zero-order valence-corrected chi connectivity index (χ0v) is 41.5. The maximum absolute atomic E-state index is 12.7. The molecule has 71 heavy (non-hydrogen) atoms. The number of carboxylic acid groups (broad SMARTS) is 3. The lowest BCUT2D eigenvalue weighted by molar-refractivity contribution is -0.148. The van der Waals surface area contributed by atoms with E-state index in [1.165, 1.54) is 32.4 Å². The molecule has 0 radical (unpaired) electrons. The number of ether oxygens (including phenoxy) is 1. The quantitative estimate of drug-likeness (QED) is 0.0177. The highest BCUT2D eigenvalue weighted by Gasteiger charge is 2.43. The summed E-state index contributed by atoms with van der Waals surface area (Å²) in [6, 6.07) is -4.06. The second kappa shape index (κ2) is 28.5. The molecule has 8 atom stereocenters. The van der Waals surface area contributed by atoms with Gasteiger partial charge in [-0.05, 0) is 19.9 Å². The van der Waals surface area contributed by atoms with E-state index >= 15 is 0 Å². The molecular formula is C35H52N9O22P3S2. The summed E-state index contributed by atoms with van der Waals surface area (Å²) in [6.07, 6.45) is -1.76. The third-order valence-corrected chi connectivity index (χ3v) is 15.6. The first kappa shape index (κ1) is 60.6. The molecule has 0 aliphatic carbocycles. The van der Waals surface area contributed by atoms with Gasteiger partial charge in [-0.15, -0.1) is 0 Å². The van der Waals surface area contributed by atoms with Gasteiger partial charge in [-0.1, -0.05) is 39.8 Å². The highest BCUT2D eigenvalue weighted by Crippen LogP contribution is 2.66. The number of carboxylic acids is 3. The van der Waals surface area contributed by atoms with Crippen molar-refractivity contribution < 1.29 is 105 Å². The van der Waals surface area contributed by atoms with Crippen molar-refractivity contribution in [2.24, 2.45) is 0 Å². The summed E-state index contributed by atoms with van der Waals surface area (Å²) < 4.78 is 53.8. The maximum atomic E-state index is 12.7. The van der Waals surface area contributed by atoms with Crippen molar-refractivity contribution >= 4 is 103 Å². The van der Waals surface area contributed by atoms with Crippen LogP contribution < -0.4 is 32.3 Å². The fraction of sp³-hybridized carbons (Fsp3) is 0.571. The first-order chi connectivity index (χ1) is 33.2. The molecule has 0 saturated carbocycles. The molecule has 15 N–H and O–H groups in total. The van der Waals surface area contributed by atoms with Crippen LogP contribution >= 0.6 is 45.1 Å². The molecule has 2 aromatic heterocycles. The van der Waals surface area contributed by atoms with Crippen LogP contribution in [0.3, 0.4) is 0 Å². The SMILES string of the molecule is CNC(CSSCCC(=O)NCC#Cc1cn([C@H]2CC(O)[C@@H](COP(=O)(O)OP(=O)(O)OP(=O)(O)O)O2)c2ncnc(N)c12)C(=O)NCCCCCC(=O)NC(CC(=O)O)C(=O)NC(CC(=O)O)C(=O)O. The molecule has 0 spiro atoms. The van der Waals surface area contributed by atoms with Crippen LogP contribution in [-0.4, -0.2) is 165 Å². The molecule has 1 aliphatic heterocycles. The van der Waals surface area contributed by atoms with Crippen molar-refractivity contribution in [3.05, 3.63) is 18.1 Å². The number of phosphoric acid groups is 3. The number of hydrogen-bond acceptors (Lipinski definition) is 21. The molecule has 396 valence electrons. The summed E-state index contributed by atoms with van der Waals surface area (Å²) in [7, 11) is -12.6. The van der Waals surface area contributed by atoms with Gasteiger partial charge in [-0.3, -0.25) is 33.3 Å². The number of aliphatic hydroxyl groups is 1. The summed E-state index contributed by atoms with van der Waals surface area (Å²) in [4.78, 5) is 128. The van der Waals surface area contributed by atoms with Crippen LogP contribution in [0, 0.1) is 11.8 Å². The van der Waals surface area contributed by atoms with Gasteiger partial charge < -0.3 is 81.6 Å². The summed E-state index contributed by atoms with van der Waals surface area (Å²) in [5.74, 6) is -0.656. The van der Waals surface area contributed by atoms with E-state index in [4.69, 9.17) is 35.6 Å². The molecule has 0 aromatic carbocycles. The van der Waals surface area contributed by atoms with Gasteiger partial charge in [0.15, 0.2) is 0 Å². The second-order valence-corrected chi connectivity index (χ2v) is 21.9. The zero-order chi connectivity index (χ0) is 53.1. The molecule has 3 heterocycles. The van der Waals surface area contributed by atoms with Crippen molar-refractivity contribution in [1.29, 1.82) is 0 Å². The molecule has 6 unspecified atom stereocenters. The number of rotatable bonds is 31. The number of aliphatic hydroxyl groups excluding tert-OH is 1. The van der Waals surface area contributed by atoms with Gasteiger partial charge in [0.1, 0.15) is 42.2 Å². The number of carbonyl (C=O) groups is 7. The predicted molar refractivity (Wildman–Crippen MR) is 246 cm³/mol. The summed E-state index contributed by atoms with van der Waals surface area (Å²) in [5, 5.41) is 50.5. The number of phosphoric ester groups is 1. The van der Waals surface area contributed by atoms with E-state index in [9.17, 15) is 62.2 Å². The molecule has 3 rings (SSSR count). The molecule has 4 amide bonds. The van der Waals surface area contributed by atoms with E-state index < -0.39 is 109 Å². The number of nitrogens with two attached hydrogens (primary N) is 1. The number of nitrogens with one attached hydrogen (secondary N) is 5. The highest BCUT2D eigenvalue weighted by molar-refractivity contribution is 8.76. The molecule has 36 heteroatoms. The van der Waals surface area contributed by atoms with Crippen molar-refractivity contribution in [3.63, 3.8) is 0 Å². The van der Waals surface area contributed by atoms with Crippen molar-refractivity contribution in [1.82, 2.24) is 41.1 Å². The Kier molecular flexibility index (Phi) is 24.3. The average molecular weight is 1110 g/mol. The lowest BCUT2D eigenvalue weighted by Gasteiger charge is -2.19. The molecule has 1 saturated heterocycles. The number of nitrogens with zero attached hydrogens (tertiary/aromatic N) is 3. The fourth-order valence-electron chi connectivity index (χ4n) is 6.12. The van der Waals surface area contributed by atoms with Crippen LogP contribution in [0.5, 0.6) is 0 Å². The second-order valence-electron chi connectivity index (χ2n) is 14.8. The number of aliphatic carboxylic acids is 3. The number of unbranched alkanes of at least 4 members (excludes halogenated alkanes) is 2. The minimum Gasteiger partial charge on any atom is -0.481 e. The Hall–Kier alpha value is -4.74. The minimum absolute atomic E-state index is 0.0333. The number of likely N-dealkylation sites (N-methyl/N-ethyl adjacent to an activating group) is 1. The third-order valence-electron chi connectivity index (χ3n) is 9.37. The molecule has 31 nitrogen and oxygen atoms in total. The number of carbonyl (C=O) groups excluding carboxylic acids is 4. The monoisotopic (exact) mass is 1110 g/mol. The van der Waals surface area contributed by atoms with E-state index in [2.05, 4.69) is 56.2 Å². The summed E-state index contributed by atoms with van der Waals surface area (Å²) in [5.41, 5.74) is 6.64. The summed E-state index contributed by atoms with van der Waals surface area (Å²) in [6.45, 7) is -0.705. The number of hydrogen-bond donors (Lipinski definition) is 14. The number of amides is 4. The van der Waals surface area contributed by atoms with Crippen LogP contribution in [0.25, 0.3) is 11.0 Å². The largest absolute Gasteiger partial charge is 0.490 e. The maximum Gasteiger partial charge on any atom is 0.490 e. The first-order valence-corrected chi connectivity index (χ1v) is 27.7. The fourth-order valence-corrected chi connectivity index (χ4v) is 11.4. The van der Waals surface area contributed by atoms with E-state index in [-0.39, 0.29) is 55.6 Å². The van der Waals surface area contributed by atoms with E-state index in [1.807, 2.05) is 5.32 Å². The number of nitrogen functional groups attached to an aromatic ring is 1. The normalized spacial score (nSPS) is 18.6. The lowest BCUT2D eigenvalue weighted by Crippen LogP contribution is -2.52. The van der Waals surface area contributed by atoms with E-state index in [1.54, 1.807) is 7.05 Å². The zero-order valence-electron chi connectivity index (χ0n) is 37.2. The predicted octanol–water partition coefficient (Wildman–Crippen LogP) is -1.49. The van der Waals surface area contributed by atoms with Gasteiger partial charge in [0, 0.05) is 43.5 Å². The van der Waals surface area contributed by atoms with Crippen molar-refractivity contribution in [2.45, 2.75) is 87.9 Å². The third kappa shape index (κ3) is 21.9. The Morgan fingerprint density at radius 2 is 1.56 bits per heavy atom. The molecule has 0 bridgehead atoms. The van der Waals surface area contributed by atoms with Crippen molar-refractivity contribution in [3.8, 4) is 11.8 Å². The van der Waals surface area contributed by atoms with Gasteiger partial charge in [0.05, 0.1) is 49.1 Å². The molecule has 2 aromatic rings. The Morgan fingerprint density at radius 1 is 0.873 bits per heavy atom. The average Bonchev–Trinajstić information content (AvgIpc) is 3.82. The van der Waals surface area contributed by atoms with Crippen molar-refractivity contribution in [2.75, 3.05) is 44.0 Å². The summed E-state index contributed by atoms with van der Waals surface area (Å²) >= 11 is 0. The topological polar surface area (TPSA) is 486 Å². The molecule has 1 aliphatic rings. The Balaban J connectivity index is 1.38. The van der Waals surface area contributed by atoms with Crippen LogP contribution in [-0.2, 0) is 65.1 Å². The Labute approximate surface area is 410 Å². The smallest absolute Gasteiger partial charge is 0.481 e. The van der Waals surface area contributed by atoms with Crippen LogP contribution in [0.15, 0.2) is 12.5 Å². The van der Waals surface area contributed by atoms with Crippen LogP contribution in [0.2, 0.25) is 0 Å². The van der Waals surface area contributed by atoms with E-state index in [0.29, 0.717) is 41.7 Å². The van der Waals surface area contributed by atoms with Crippen LogP contribution in [0.4, 0.5) is 5.82 Å². The first-order valence-electron chi connectivity index (χ1n) is 20.6. The molecular weight excluding hydrogens is 1060 g/mol.